The van der Waals surface area contributed by atoms with Crippen LogP contribution in [0.5, 0.6) is 5.75 Å². The normalized spacial score (nSPS) is 18.1. The van der Waals surface area contributed by atoms with E-state index >= 15 is 0 Å². The zero-order valence-corrected chi connectivity index (χ0v) is 13.9. The van der Waals surface area contributed by atoms with Crippen molar-refractivity contribution in [3.8, 4) is 5.75 Å². The van der Waals surface area contributed by atoms with Gasteiger partial charge in [0.25, 0.3) is 0 Å². The Morgan fingerprint density at radius 1 is 1.29 bits per heavy atom. The van der Waals surface area contributed by atoms with Crippen LogP contribution < -0.4 is 10.1 Å². The summed E-state index contributed by atoms with van der Waals surface area (Å²) in [5.74, 6) is 0.773. The Labute approximate surface area is 142 Å². The molecular weight excluding hydrogens is 302 g/mol. The number of rotatable bonds is 5. The molecule has 0 unspecified atom stereocenters. The lowest BCUT2D eigenvalue weighted by Gasteiger charge is -2.31. The minimum atomic E-state index is -0.0446. The van der Waals surface area contributed by atoms with Gasteiger partial charge in [0, 0.05) is 18.0 Å². The third-order valence-electron chi connectivity index (χ3n) is 4.29. The van der Waals surface area contributed by atoms with Gasteiger partial charge in [-0.3, -0.25) is 14.7 Å². The Morgan fingerprint density at radius 2 is 2.21 bits per heavy atom. The van der Waals surface area contributed by atoms with Gasteiger partial charge in [-0.1, -0.05) is 18.6 Å². The summed E-state index contributed by atoms with van der Waals surface area (Å²) in [5, 5.41) is 3.00. The predicted molar refractivity (Wildman–Crippen MR) is 93.9 cm³/mol. The first kappa shape index (κ1) is 16.5. The molecule has 0 radical (unpaired) electrons. The number of aromatic nitrogens is 1. The number of carbonyl (C=O) groups excluding carboxylic acids is 1. The molecule has 24 heavy (non-hydrogen) atoms. The van der Waals surface area contributed by atoms with Crippen LogP contribution in [0.2, 0.25) is 0 Å². The number of hydrogen-bond acceptors (Lipinski definition) is 4. The smallest absolute Gasteiger partial charge is 0.241 e. The SMILES string of the molecule is CN1CCCC[C@H]1C(=O)Nc1cccc(OCc2ccccn2)c1. The number of hydrogen-bond donors (Lipinski definition) is 1. The highest BCUT2D eigenvalue weighted by Gasteiger charge is 2.25. The third kappa shape index (κ3) is 4.32. The zero-order valence-electron chi connectivity index (χ0n) is 13.9. The van der Waals surface area contributed by atoms with Crippen LogP contribution in [0.4, 0.5) is 5.69 Å². The highest BCUT2D eigenvalue weighted by molar-refractivity contribution is 5.95. The van der Waals surface area contributed by atoms with Gasteiger partial charge < -0.3 is 10.1 Å². The molecule has 0 bridgehead atoms. The molecule has 1 fully saturated rings. The molecule has 2 heterocycles. The van der Waals surface area contributed by atoms with Crippen LogP contribution in [0.1, 0.15) is 25.0 Å². The Hall–Kier alpha value is -2.40. The summed E-state index contributed by atoms with van der Waals surface area (Å²) in [6.07, 6.45) is 4.93. The molecule has 1 atom stereocenters. The number of ether oxygens (including phenoxy) is 1. The molecular formula is C19H23N3O2. The van der Waals surface area contributed by atoms with Crippen LogP contribution in [0.15, 0.2) is 48.7 Å². The summed E-state index contributed by atoms with van der Waals surface area (Å²) in [4.78, 5) is 18.8. The van der Waals surface area contributed by atoms with Crippen LogP contribution in [-0.2, 0) is 11.4 Å². The molecule has 1 aliphatic rings. The number of nitrogens with one attached hydrogen (secondary N) is 1. The summed E-state index contributed by atoms with van der Waals surface area (Å²) in [6, 6.07) is 13.2. The predicted octanol–water partition coefficient (Wildman–Crippen LogP) is 3.08. The van der Waals surface area contributed by atoms with Crippen LogP contribution in [0.3, 0.4) is 0 Å². The molecule has 1 saturated heterocycles. The fraction of sp³-hybridized carbons (Fsp3) is 0.368. The van der Waals surface area contributed by atoms with E-state index in [1.165, 1.54) is 0 Å². The van der Waals surface area contributed by atoms with Crippen molar-refractivity contribution in [2.75, 3.05) is 18.9 Å². The molecule has 0 aliphatic carbocycles. The molecule has 1 aromatic heterocycles. The second kappa shape index (κ2) is 7.93. The summed E-state index contributed by atoms with van der Waals surface area (Å²) >= 11 is 0. The van der Waals surface area contributed by atoms with Crippen molar-refractivity contribution in [3.63, 3.8) is 0 Å². The van der Waals surface area contributed by atoms with Gasteiger partial charge in [-0.2, -0.15) is 0 Å². The lowest BCUT2D eigenvalue weighted by molar-refractivity contribution is -0.121. The molecule has 5 nitrogen and oxygen atoms in total. The topological polar surface area (TPSA) is 54.5 Å². The standard InChI is InChI=1S/C19H23N3O2/c1-22-12-5-3-10-18(22)19(23)21-15-8-6-9-17(13-15)24-14-16-7-2-4-11-20-16/h2,4,6-9,11,13,18H,3,5,10,12,14H2,1H3,(H,21,23)/t18-/m0/s1. The fourth-order valence-corrected chi connectivity index (χ4v) is 2.94. The average molecular weight is 325 g/mol. The van der Waals surface area contributed by atoms with Gasteiger partial charge in [0.1, 0.15) is 12.4 Å². The highest BCUT2D eigenvalue weighted by Crippen LogP contribution is 2.21. The van der Waals surface area contributed by atoms with E-state index in [4.69, 9.17) is 4.74 Å². The van der Waals surface area contributed by atoms with Gasteiger partial charge in [0.2, 0.25) is 5.91 Å². The van der Waals surface area contributed by atoms with Gasteiger partial charge in [0.05, 0.1) is 11.7 Å². The number of likely N-dealkylation sites (tertiary alicyclic amines) is 1. The Morgan fingerprint density at radius 3 is 3.00 bits per heavy atom. The lowest BCUT2D eigenvalue weighted by Crippen LogP contribution is -2.44. The number of pyridine rings is 1. The van der Waals surface area contributed by atoms with E-state index in [0.29, 0.717) is 6.61 Å². The second-order valence-corrected chi connectivity index (χ2v) is 6.12. The van der Waals surface area contributed by atoms with E-state index in [1.807, 2.05) is 49.5 Å². The second-order valence-electron chi connectivity index (χ2n) is 6.12. The molecule has 5 heteroatoms. The van der Waals surface area contributed by atoms with Crippen molar-refractivity contribution in [1.82, 2.24) is 9.88 Å². The van der Waals surface area contributed by atoms with Gasteiger partial charge in [-0.25, -0.2) is 0 Å². The Kier molecular flexibility index (Phi) is 5.43. The van der Waals surface area contributed by atoms with E-state index in [2.05, 4.69) is 15.2 Å². The van der Waals surface area contributed by atoms with Crippen LogP contribution in [-0.4, -0.2) is 35.4 Å². The summed E-state index contributed by atoms with van der Waals surface area (Å²) < 4.78 is 5.76. The molecule has 2 aromatic rings. The Balaban J connectivity index is 1.59. The number of benzene rings is 1. The summed E-state index contributed by atoms with van der Waals surface area (Å²) in [5.41, 5.74) is 1.63. The molecule has 1 N–H and O–H groups in total. The van der Waals surface area contributed by atoms with Gasteiger partial charge in [-0.15, -0.1) is 0 Å². The summed E-state index contributed by atoms with van der Waals surface area (Å²) in [7, 11) is 2.01. The molecule has 3 rings (SSSR count). The van der Waals surface area contributed by atoms with Crippen molar-refractivity contribution < 1.29 is 9.53 Å². The quantitative estimate of drug-likeness (QED) is 0.918. The first-order valence-corrected chi connectivity index (χ1v) is 8.36. The Bertz CT molecular complexity index is 675. The van der Waals surface area contributed by atoms with Crippen molar-refractivity contribution >= 4 is 11.6 Å². The van der Waals surface area contributed by atoms with Crippen molar-refractivity contribution in [3.05, 3.63) is 54.4 Å². The number of anilines is 1. The first-order chi connectivity index (χ1) is 11.7. The molecule has 0 saturated carbocycles. The minimum Gasteiger partial charge on any atom is -0.487 e. The van der Waals surface area contributed by atoms with Gasteiger partial charge in [0.15, 0.2) is 0 Å². The maximum absolute atomic E-state index is 12.5. The average Bonchev–Trinajstić information content (AvgIpc) is 2.61. The highest BCUT2D eigenvalue weighted by atomic mass is 16.5. The number of amides is 1. The number of likely N-dealkylation sites (N-methyl/N-ethyl adjacent to an activating group) is 1. The number of carbonyl (C=O) groups is 1. The van der Waals surface area contributed by atoms with Crippen molar-refractivity contribution in [2.45, 2.75) is 31.9 Å². The molecule has 1 aromatic carbocycles. The maximum atomic E-state index is 12.5. The fourth-order valence-electron chi connectivity index (χ4n) is 2.94. The minimum absolute atomic E-state index is 0.0446. The van der Waals surface area contributed by atoms with E-state index in [9.17, 15) is 4.79 Å². The van der Waals surface area contributed by atoms with Crippen molar-refractivity contribution in [2.24, 2.45) is 0 Å². The molecule has 0 spiro atoms. The van der Waals surface area contributed by atoms with Crippen LogP contribution >= 0.6 is 0 Å². The first-order valence-electron chi connectivity index (χ1n) is 8.36. The van der Waals surface area contributed by atoms with Crippen LogP contribution in [0.25, 0.3) is 0 Å². The molecule has 1 amide bonds. The largest absolute Gasteiger partial charge is 0.487 e. The maximum Gasteiger partial charge on any atom is 0.241 e. The number of piperidine rings is 1. The van der Waals surface area contributed by atoms with E-state index in [1.54, 1.807) is 6.20 Å². The van der Waals surface area contributed by atoms with E-state index < -0.39 is 0 Å². The van der Waals surface area contributed by atoms with E-state index in [-0.39, 0.29) is 11.9 Å². The van der Waals surface area contributed by atoms with Gasteiger partial charge >= 0.3 is 0 Å². The van der Waals surface area contributed by atoms with Gasteiger partial charge in [-0.05, 0) is 50.7 Å². The molecule has 126 valence electrons. The summed E-state index contributed by atoms with van der Waals surface area (Å²) in [6.45, 7) is 1.38. The van der Waals surface area contributed by atoms with Crippen LogP contribution in [0, 0.1) is 0 Å². The number of nitrogens with zero attached hydrogens (tertiary/aromatic N) is 2. The zero-order chi connectivity index (χ0) is 16.8. The third-order valence-corrected chi connectivity index (χ3v) is 4.29. The van der Waals surface area contributed by atoms with Crippen molar-refractivity contribution in [1.29, 1.82) is 0 Å². The molecule has 1 aliphatic heterocycles. The van der Waals surface area contributed by atoms with E-state index in [0.717, 1.165) is 42.9 Å². The monoisotopic (exact) mass is 325 g/mol. The lowest BCUT2D eigenvalue weighted by atomic mass is 10.0.